The van der Waals surface area contributed by atoms with E-state index >= 15 is 0 Å². The van der Waals surface area contributed by atoms with Gasteiger partial charge in [0.15, 0.2) is 5.65 Å². The molecular weight excluding hydrogens is 369 g/mol. The largest absolute Gasteiger partial charge is 0.459 e. The second-order valence-electron chi connectivity index (χ2n) is 6.41. The van der Waals surface area contributed by atoms with Gasteiger partial charge in [-0.1, -0.05) is 6.07 Å². The van der Waals surface area contributed by atoms with Crippen LogP contribution in [0.25, 0.3) is 11.0 Å². The number of esters is 1. The number of hydrogen-bond acceptors (Lipinski definition) is 5. The second-order valence-corrected chi connectivity index (χ2v) is 6.41. The number of benzene rings is 1. The summed E-state index contributed by atoms with van der Waals surface area (Å²) in [4.78, 5) is 21.2. The number of anilines is 2. The van der Waals surface area contributed by atoms with Crippen molar-refractivity contribution in [3.8, 4) is 0 Å². The van der Waals surface area contributed by atoms with Crippen molar-refractivity contribution in [3.63, 3.8) is 0 Å². The molecule has 2 aromatic heterocycles. The zero-order chi connectivity index (χ0) is 18.8. The van der Waals surface area contributed by atoms with Gasteiger partial charge in [-0.3, -0.25) is 0 Å². The molecule has 2 heterocycles. The topological polar surface area (TPSA) is 64.1 Å². The Balaban J connectivity index is 0.00000261. The lowest BCUT2D eigenvalue weighted by molar-refractivity contribution is 0.0379. The van der Waals surface area contributed by atoms with Gasteiger partial charge in [-0.05, 0) is 57.5 Å². The molecule has 27 heavy (non-hydrogen) atoms. The van der Waals surface area contributed by atoms with E-state index in [4.69, 9.17) is 4.74 Å². The Morgan fingerprint density at radius 3 is 2.59 bits per heavy atom. The van der Waals surface area contributed by atoms with Crippen molar-refractivity contribution in [2.75, 3.05) is 5.32 Å². The fraction of sp³-hybridized carbons (Fsp3) is 0.250. The first-order chi connectivity index (χ1) is 12.3. The molecule has 0 fully saturated rings. The minimum atomic E-state index is -0.495. The molecule has 0 unspecified atom stereocenters. The Labute approximate surface area is 163 Å². The highest BCUT2D eigenvalue weighted by Crippen LogP contribution is 2.30. The molecule has 0 aliphatic carbocycles. The molecule has 0 aliphatic heterocycles. The monoisotopic (exact) mass is 389 g/mol. The molecule has 1 N–H and O–H groups in total. The number of hydrogen-bond donors (Lipinski definition) is 1. The summed E-state index contributed by atoms with van der Waals surface area (Å²) in [5.74, 6) is -0.821. The molecule has 3 aromatic rings. The third kappa shape index (κ3) is 4.52. The first-order valence-corrected chi connectivity index (χ1v) is 8.35. The molecular formula is C20H21ClFN3O2. The van der Waals surface area contributed by atoms with Crippen molar-refractivity contribution in [1.29, 1.82) is 0 Å². The number of nitrogens with zero attached hydrogens (tertiary/aromatic N) is 2. The number of nitrogens with one attached hydrogen (secondary N) is 1. The Kier molecular flexibility index (Phi) is 6.33. The molecule has 0 saturated carbocycles. The number of fused-ring (bicyclic) bond motifs is 1. The van der Waals surface area contributed by atoms with Crippen molar-refractivity contribution < 1.29 is 13.9 Å². The number of pyridine rings is 2. The third-order valence-electron chi connectivity index (χ3n) is 3.87. The number of aryl methyl sites for hydroxylation is 2. The van der Waals surface area contributed by atoms with Crippen LogP contribution in [0.2, 0.25) is 0 Å². The van der Waals surface area contributed by atoms with Gasteiger partial charge in [0.05, 0.1) is 11.8 Å². The van der Waals surface area contributed by atoms with Gasteiger partial charge in [0.1, 0.15) is 11.4 Å². The molecule has 0 saturated heterocycles. The average Bonchev–Trinajstić information content (AvgIpc) is 2.57. The Hall–Kier alpha value is -2.73. The number of ether oxygens (including phenoxy) is 1. The van der Waals surface area contributed by atoms with Gasteiger partial charge < -0.3 is 10.1 Å². The smallest absolute Gasteiger partial charge is 0.342 e. The standard InChI is InChI=1S/C20H20FN3O2.ClH/c1-11(2)26-20(25)16-10-22-19-15(8-6-13(4)23-19)18(16)24-14-7-5-12(3)17(21)9-14;/h5-11H,1-4H3,(H,22,23,24);1H. The van der Waals surface area contributed by atoms with Crippen LogP contribution in [-0.4, -0.2) is 22.0 Å². The van der Waals surface area contributed by atoms with Crippen LogP contribution in [0.3, 0.4) is 0 Å². The van der Waals surface area contributed by atoms with Gasteiger partial charge in [0, 0.05) is 23.0 Å². The minimum absolute atomic E-state index is 0. The highest BCUT2D eigenvalue weighted by Gasteiger charge is 2.19. The van der Waals surface area contributed by atoms with Crippen molar-refractivity contribution >= 4 is 40.8 Å². The molecule has 0 spiro atoms. The first kappa shape index (κ1) is 20.6. The minimum Gasteiger partial charge on any atom is -0.459 e. The summed E-state index contributed by atoms with van der Waals surface area (Å²) in [6.07, 6.45) is 1.17. The fourth-order valence-electron chi connectivity index (χ4n) is 2.55. The highest BCUT2D eigenvalue weighted by molar-refractivity contribution is 6.05. The molecule has 7 heteroatoms. The molecule has 3 rings (SSSR count). The molecule has 5 nitrogen and oxygen atoms in total. The fourth-order valence-corrected chi connectivity index (χ4v) is 2.55. The van der Waals surface area contributed by atoms with E-state index < -0.39 is 5.97 Å². The van der Waals surface area contributed by atoms with Gasteiger partial charge in [-0.25, -0.2) is 19.2 Å². The van der Waals surface area contributed by atoms with Gasteiger partial charge >= 0.3 is 5.97 Å². The zero-order valence-corrected chi connectivity index (χ0v) is 16.4. The van der Waals surface area contributed by atoms with Gasteiger partial charge in [0.25, 0.3) is 0 Å². The van der Waals surface area contributed by atoms with Crippen LogP contribution >= 0.6 is 12.4 Å². The van der Waals surface area contributed by atoms with Crippen LogP contribution in [0.5, 0.6) is 0 Å². The second kappa shape index (κ2) is 8.31. The van der Waals surface area contributed by atoms with E-state index in [1.807, 2.05) is 19.1 Å². The number of halogens is 2. The number of rotatable bonds is 4. The number of aromatic nitrogens is 2. The lowest BCUT2D eigenvalue weighted by atomic mass is 10.1. The van der Waals surface area contributed by atoms with E-state index in [0.717, 1.165) is 5.69 Å². The van der Waals surface area contributed by atoms with E-state index in [1.165, 1.54) is 12.3 Å². The average molecular weight is 390 g/mol. The number of carbonyl (C=O) groups is 1. The zero-order valence-electron chi connectivity index (χ0n) is 15.5. The summed E-state index contributed by atoms with van der Waals surface area (Å²) in [7, 11) is 0. The maximum absolute atomic E-state index is 13.9. The SMILES string of the molecule is Cc1ccc2c(Nc3ccc(C)c(F)c3)c(C(=O)OC(C)C)cnc2n1.Cl. The Morgan fingerprint density at radius 2 is 1.93 bits per heavy atom. The van der Waals surface area contributed by atoms with Crippen LogP contribution < -0.4 is 5.32 Å². The first-order valence-electron chi connectivity index (χ1n) is 8.35. The molecule has 142 valence electrons. The van der Waals surface area contributed by atoms with Crippen LogP contribution in [0.4, 0.5) is 15.8 Å². The summed E-state index contributed by atoms with van der Waals surface area (Å²) in [5, 5.41) is 3.80. The van der Waals surface area contributed by atoms with Crippen molar-refractivity contribution in [1.82, 2.24) is 9.97 Å². The normalized spacial score (nSPS) is 10.6. The summed E-state index contributed by atoms with van der Waals surface area (Å²) in [5.41, 5.74) is 3.16. The summed E-state index contributed by atoms with van der Waals surface area (Å²) in [6, 6.07) is 8.49. The van der Waals surface area contributed by atoms with E-state index in [9.17, 15) is 9.18 Å². The molecule has 0 amide bonds. The maximum Gasteiger partial charge on any atom is 0.342 e. The molecule has 1 aromatic carbocycles. The van der Waals surface area contributed by atoms with Crippen LogP contribution in [-0.2, 0) is 4.74 Å². The summed E-state index contributed by atoms with van der Waals surface area (Å²) < 4.78 is 19.2. The van der Waals surface area contributed by atoms with Crippen molar-refractivity contribution in [3.05, 3.63) is 59.2 Å². The predicted octanol–water partition coefficient (Wildman–Crippen LogP) is 5.12. The van der Waals surface area contributed by atoms with E-state index in [1.54, 1.807) is 32.9 Å². The number of carbonyl (C=O) groups excluding carboxylic acids is 1. The maximum atomic E-state index is 13.9. The third-order valence-corrected chi connectivity index (χ3v) is 3.87. The van der Waals surface area contributed by atoms with Crippen molar-refractivity contribution in [2.24, 2.45) is 0 Å². The van der Waals surface area contributed by atoms with Crippen LogP contribution in [0, 0.1) is 19.7 Å². The Morgan fingerprint density at radius 1 is 1.19 bits per heavy atom. The van der Waals surface area contributed by atoms with Gasteiger partial charge in [-0.15, -0.1) is 12.4 Å². The quantitative estimate of drug-likeness (QED) is 0.627. The summed E-state index contributed by atoms with van der Waals surface area (Å²) >= 11 is 0. The lowest BCUT2D eigenvalue weighted by Gasteiger charge is -2.15. The van der Waals surface area contributed by atoms with E-state index in [-0.39, 0.29) is 29.9 Å². The molecule has 0 aliphatic rings. The van der Waals surface area contributed by atoms with Crippen LogP contribution in [0.1, 0.15) is 35.5 Å². The summed E-state index contributed by atoms with van der Waals surface area (Å²) in [6.45, 7) is 7.11. The van der Waals surface area contributed by atoms with E-state index in [0.29, 0.717) is 28.0 Å². The van der Waals surface area contributed by atoms with Crippen LogP contribution in [0.15, 0.2) is 36.5 Å². The molecule has 0 atom stereocenters. The highest BCUT2D eigenvalue weighted by atomic mass is 35.5. The van der Waals surface area contributed by atoms with Gasteiger partial charge in [0.2, 0.25) is 0 Å². The lowest BCUT2D eigenvalue weighted by Crippen LogP contribution is -2.14. The van der Waals surface area contributed by atoms with Gasteiger partial charge in [-0.2, -0.15) is 0 Å². The molecule has 0 bridgehead atoms. The molecule has 0 radical (unpaired) electrons. The predicted molar refractivity (Wildman–Crippen MR) is 106 cm³/mol. The van der Waals surface area contributed by atoms with Crippen molar-refractivity contribution in [2.45, 2.75) is 33.8 Å². The van der Waals surface area contributed by atoms with E-state index in [2.05, 4.69) is 15.3 Å². The Bertz CT molecular complexity index is 992.